The number of carboxylic acid groups (broad SMARTS) is 1. The molecule has 0 aromatic heterocycles. The number of amides is 1. The Morgan fingerprint density at radius 1 is 1.35 bits per heavy atom. The summed E-state index contributed by atoms with van der Waals surface area (Å²) in [4.78, 5) is 21.7. The zero-order valence-corrected chi connectivity index (χ0v) is 10.9. The first-order valence-corrected chi connectivity index (χ1v) is 6.03. The quantitative estimate of drug-likeness (QED) is 0.600. The van der Waals surface area contributed by atoms with Gasteiger partial charge in [-0.05, 0) is 11.8 Å². The largest absolute Gasteiger partial charge is 0.480 e. The van der Waals surface area contributed by atoms with Crippen molar-refractivity contribution in [2.24, 2.45) is 11.8 Å². The Balaban J connectivity index is 3.62. The van der Waals surface area contributed by atoms with E-state index in [-0.39, 0.29) is 19.1 Å². The summed E-state index contributed by atoms with van der Waals surface area (Å²) in [6.07, 6.45) is 1.51. The maximum Gasteiger partial charge on any atom is 0.329 e. The van der Waals surface area contributed by atoms with Gasteiger partial charge in [0.1, 0.15) is 6.61 Å². The Hall–Kier alpha value is -1.10. The summed E-state index contributed by atoms with van der Waals surface area (Å²) >= 11 is 0. The van der Waals surface area contributed by atoms with E-state index < -0.39 is 5.97 Å². The lowest BCUT2D eigenvalue weighted by molar-refractivity contribution is -0.142. The second-order valence-electron chi connectivity index (χ2n) is 4.41. The Kier molecular flexibility index (Phi) is 8.40. The average molecular weight is 245 g/mol. The molecule has 0 aliphatic heterocycles. The van der Waals surface area contributed by atoms with Gasteiger partial charge in [-0.1, -0.05) is 27.2 Å². The Morgan fingerprint density at radius 3 is 2.47 bits per heavy atom. The van der Waals surface area contributed by atoms with Crippen molar-refractivity contribution in [3.05, 3.63) is 0 Å². The summed E-state index contributed by atoms with van der Waals surface area (Å²) in [5.41, 5.74) is 0. The van der Waals surface area contributed by atoms with Crippen LogP contribution in [0.4, 0.5) is 0 Å². The van der Waals surface area contributed by atoms with Crippen LogP contribution in [-0.4, -0.2) is 36.7 Å². The highest BCUT2D eigenvalue weighted by atomic mass is 16.5. The molecule has 0 rings (SSSR count). The molecule has 2 N–H and O–H groups in total. The van der Waals surface area contributed by atoms with Crippen LogP contribution in [0, 0.1) is 11.8 Å². The van der Waals surface area contributed by atoms with Gasteiger partial charge in [0.25, 0.3) is 0 Å². The van der Waals surface area contributed by atoms with Crippen molar-refractivity contribution in [3.63, 3.8) is 0 Å². The molecule has 17 heavy (non-hydrogen) atoms. The Bertz CT molecular complexity index is 241. The average Bonchev–Trinajstić information content (AvgIpc) is 2.24. The van der Waals surface area contributed by atoms with E-state index in [1.165, 1.54) is 0 Å². The van der Waals surface area contributed by atoms with Gasteiger partial charge in [0, 0.05) is 13.0 Å². The first-order chi connectivity index (χ1) is 7.97. The van der Waals surface area contributed by atoms with E-state index >= 15 is 0 Å². The molecule has 1 amide bonds. The van der Waals surface area contributed by atoms with Crippen LogP contribution in [0.1, 0.15) is 33.6 Å². The molecule has 100 valence electrons. The van der Waals surface area contributed by atoms with Gasteiger partial charge in [-0.2, -0.15) is 0 Å². The van der Waals surface area contributed by atoms with Crippen LogP contribution in [0.5, 0.6) is 0 Å². The van der Waals surface area contributed by atoms with Gasteiger partial charge in [0.05, 0.1) is 6.61 Å². The monoisotopic (exact) mass is 245 g/mol. The van der Waals surface area contributed by atoms with Crippen molar-refractivity contribution in [1.29, 1.82) is 0 Å². The lowest BCUT2D eigenvalue weighted by atomic mass is 9.90. The predicted molar refractivity (Wildman–Crippen MR) is 64.7 cm³/mol. The number of ether oxygens (including phenoxy) is 1. The molecule has 5 nitrogen and oxygen atoms in total. The standard InChI is InChI=1S/C12H23NO4/c1-4-10(9(2)3)7-11(14)13-5-6-17-8-12(15)16/h9-10H,4-8H2,1-3H3,(H,13,14)(H,15,16). The maximum atomic E-state index is 11.5. The molecule has 0 aromatic carbocycles. The molecule has 0 aliphatic rings. The van der Waals surface area contributed by atoms with Crippen LogP contribution >= 0.6 is 0 Å². The molecule has 0 saturated heterocycles. The van der Waals surface area contributed by atoms with Gasteiger partial charge < -0.3 is 15.2 Å². The number of hydrogen-bond acceptors (Lipinski definition) is 3. The van der Waals surface area contributed by atoms with Crippen molar-refractivity contribution in [2.45, 2.75) is 33.6 Å². The van der Waals surface area contributed by atoms with Gasteiger partial charge >= 0.3 is 5.97 Å². The second-order valence-corrected chi connectivity index (χ2v) is 4.41. The fraction of sp³-hybridized carbons (Fsp3) is 0.833. The molecule has 0 aliphatic carbocycles. The second kappa shape index (κ2) is 8.98. The predicted octanol–water partition coefficient (Wildman–Crippen LogP) is 1.28. The van der Waals surface area contributed by atoms with E-state index in [2.05, 4.69) is 26.1 Å². The minimum atomic E-state index is -0.998. The minimum Gasteiger partial charge on any atom is -0.480 e. The number of aliphatic carboxylic acids is 1. The first kappa shape index (κ1) is 15.9. The molecule has 1 unspecified atom stereocenters. The van der Waals surface area contributed by atoms with Crippen molar-refractivity contribution in [1.82, 2.24) is 5.32 Å². The number of carboxylic acids is 1. The zero-order chi connectivity index (χ0) is 13.3. The Morgan fingerprint density at radius 2 is 2.00 bits per heavy atom. The SMILES string of the molecule is CCC(CC(=O)NCCOCC(=O)O)C(C)C. The number of carbonyl (C=O) groups excluding carboxylic acids is 1. The molecular formula is C12H23NO4. The molecule has 0 aromatic rings. The van der Waals surface area contributed by atoms with E-state index in [0.29, 0.717) is 24.8 Å². The highest BCUT2D eigenvalue weighted by Gasteiger charge is 2.15. The maximum absolute atomic E-state index is 11.5. The van der Waals surface area contributed by atoms with Crippen LogP contribution in [0.25, 0.3) is 0 Å². The zero-order valence-electron chi connectivity index (χ0n) is 10.9. The van der Waals surface area contributed by atoms with Crippen molar-refractivity contribution in [3.8, 4) is 0 Å². The third kappa shape index (κ3) is 8.68. The van der Waals surface area contributed by atoms with E-state index in [1.54, 1.807) is 0 Å². The molecule has 0 bridgehead atoms. The smallest absolute Gasteiger partial charge is 0.329 e. The summed E-state index contributed by atoms with van der Waals surface area (Å²) < 4.78 is 4.81. The van der Waals surface area contributed by atoms with E-state index in [9.17, 15) is 9.59 Å². The molecule has 0 heterocycles. The van der Waals surface area contributed by atoms with Crippen LogP contribution in [-0.2, 0) is 14.3 Å². The lowest BCUT2D eigenvalue weighted by Gasteiger charge is -2.18. The van der Waals surface area contributed by atoms with Crippen molar-refractivity contribution in [2.75, 3.05) is 19.8 Å². The summed E-state index contributed by atoms with van der Waals surface area (Å²) in [5, 5.41) is 11.0. The summed E-state index contributed by atoms with van der Waals surface area (Å²) in [5.74, 6) is -0.101. The molecule has 0 radical (unpaired) electrons. The fourth-order valence-corrected chi connectivity index (χ4v) is 1.58. The fourth-order valence-electron chi connectivity index (χ4n) is 1.58. The topological polar surface area (TPSA) is 75.6 Å². The van der Waals surface area contributed by atoms with Crippen molar-refractivity contribution >= 4 is 11.9 Å². The van der Waals surface area contributed by atoms with Gasteiger partial charge in [-0.3, -0.25) is 4.79 Å². The van der Waals surface area contributed by atoms with E-state index in [1.807, 2.05) is 0 Å². The van der Waals surface area contributed by atoms with Crippen LogP contribution in [0.15, 0.2) is 0 Å². The van der Waals surface area contributed by atoms with E-state index in [4.69, 9.17) is 9.84 Å². The highest BCUT2D eigenvalue weighted by Crippen LogP contribution is 2.18. The molecule has 0 fully saturated rings. The molecule has 0 saturated carbocycles. The van der Waals surface area contributed by atoms with Crippen molar-refractivity contribution < 1.29 is 19.4 Å². The molecule has 0 spiro atoms. The van der Waals surface area contributed by atoms with Gasteiger partial charge in [0.15, 0.2) is 0 Å². The van der Waals surface area contributed by atoms with Crippen LogP contribution in [0.3, 0.4) is 0 Å². The number of nitrogens with one attached hydrogen (secondary N) is 1. The van der Waals surface area contributed by atoms with Crippen LogP contribution in [0.2, 0.25) is 0 Å². The summed E-state index contributed by atoms with van der Waals surface area (Å²) in [6, 6.07) is 0. The van der Waals surface area contributed by atoms with E-state index in [0.717, 1.165) is 6.42 Å². The third-order valence-electron chi connectivity index (χ3n) is 2.71. The van der Waals surface area contributed by atoms with Crippen LogP contribution < -0.4 is 5.32 Å². The van der Waals surface area contributed by atoms with Gasteiger partial charge in [-0.25, -0.2) is 4.79 Å². The minimum absolute atomic E-state index is 0.00414. The van der Waals surface area contributed by atoms with Gasteiger partial charge in [-0.15, -0.1) is 0 Å². The van der Waals surface area contributed by atoms with Gasteiger partial charge in [0.2, 0.25) is 5.91 Å². The number of hydrogen-bond donors (Lipinski definition) is 2. The number of carbonyl (C=O) groups is 2. The molecular weight excluding hydrogens is 222 g/mol. The highest BCUT2D eigenvalue weighted by molar-refractivity contribution is 5.76. The molecule has 1 atom stereocenters. The lowest BCUT2D eigenvalue weighted by Crippen LogP contribution is -2.30. The summed E-state index contributed by atoms with van der Waals surface area (Å²) in [6.45, 7) is 6.57. The number of rotatable bonds is 9. The normalized spacial score (nSPS) is 12.5. The first-order valence-electron chi connectivity index (χ1n) is 6.03. The Labute approximate surface area is 103 Å². The summed E-state index contributed by atoms with van der Waals surface area (Å²) in [7, 11) is 0. The third-order valence-corrected chi connectivity index (χ3v) is 2.71. The molecule has 5 heteroatoms.